The van der Waals surface area contributed by atoms with Gasteiger partial charge in [0.25, 0.3) is 0 Å². The third kappa shape index (κ3) is 7.79. The van der Waals surface area contributed by atoms with Gasteiger partial charge >= 0.3 is 8.26 Å². The standard InChI is InChI=1S/C10H10N2.Cl2O2S/c1-2-5-10(6-3-1)9-12-8-4-7-11-12;1-5(2,3)4/h1-8H,9H2;. The van der Waals surface area contributed by atoms with E-state index in [0.717, 1.165) is 6.54 Å². The first-order chi connectivity index (χ1) is 7.95. The minimum Gasteiger partial charge on any atom is -0.268 e. The molecule has 0 amide bonds. The second-order valence-electron chi connectivity index (χ2n) is 3.07. The molecule has 0 unspecified atom stereocenters. The highest BCUT2D eigenvalue weighted by molar-refractivity contribution is 8.31. The van der Waals surface area contributed by atoms with Crippen LogP contribution in [0.3, 0.4) is 0 Å². The zero-order chi connectivity index (χ0) is 12.7. The molecule has 92 valence electrons. The lowest BCUT2D eigenvalue weighted by molar-refractivity contribution is 0.621. The van der Waals surface area contributed by atoms with Gasteiger partial charge in [0.1, 0.15) is 0 Å². The summed E-state index contributed by atoms with van der Waals surface area (Å²) in [5.41, 5.74) is 1.28. The lowest BCUT2D eigenvalue weighted by Crippen LogP contribution is -1.98. The average molecular weight is 293 g/mol. The number of hydrogen-bond donors (Lipinski definition) is 0. The van der Waals surface area contributed by atoms with Gasteiger partial charge in [0.05, 0.1) is 6.54 Å². The van der Waals surface area contributed by atoms with E-state index < -0.39 is 8.26 Å². The van der Waals surface area contributed by atoms with Crippen molar-refractivity contribution in [1.82, 2.24) is 9.78 Å². The van der Waals surface area contributed by atoms with E-state index in [-0.39, 0.29) is 0 Å². The van der Waals surface area contributed by atoms with Gasteiger partial charge in [-0.05, 0) is 11.6 Å². The summed E-state index contributed by atoms with van der Waals surface area (Å²) in [6.07, 6.45) is 3.76. The van der Waals surface area contributed by atoms with E-state index in [4.69, 9.17) is 8.42 Å². The molecule has 0 fully saturated rings. The summed E-state index contributed by atoms with van der Waals surface area (Å²) in [6, 6.07) is 12.2. The van der Waals surface area contributed by atoms with Gasteiger partial charge in [-0.2, -0.15) is 13.5 Å². The molecular formula is C10H10Cl2N2O2S. The van der Waals surface area contributed by atoms with Crippen molar-refractivity contribution >= 4 is 29.6 Å². The van der Waals surface area contributed by atoms with Gasteiger partial charge in [0.2, 0.25) is 0 Å². The highest BCUT2D eigenvalue weighted by atomic mass is 36.0. The quantitative estimate of drug-likeness (QED) is 0.800. The van der Waals surface area contributed by atoms with Crippen LogP contribution in [0.4, 0.5) is 0 Å². The SMILES string of the molecule is O=S(=O)(Cl)Cl.c1ccc(Cn2cccn2)cc1. The van der Waals surface area contributed by atoms with Crippen molar-refractivity contribution < 1.29 is 8.42 Å². The number of benzene rings is 1. The molecule has 0 saturated heterocycles. The van der Waals surface area contributed by atoms with E-state index in [0.29, 0.717) is 0 Å². The lowest BCUT2D eigenvalue weighted by Gasteiger charge is -1.99. The molecule has 0 bridgehead atoms. The molecule has 0 aliphatic heterocycles. The molecule has 0 saturated carbocycles. The Morgan fingerprint density at radius 3 is 2.18 bits per heavy atom. The fourth-order valence-corrected chi connectivity index (χ4v) is 1.16. The second kappa shape index (κ2) is 6.64. The highest BCUT2D eigenvalue weighted by Gasteiger charge is 1.91. The molecule has 4 nitrogen and oxygen atoms in total. The predicted molar refractivity (Wildman–Crippen MR) is 68.4 cm³/mol. The van der Waals surface area contributed by atoms with E-state index in [2.05, 4.69) is 38.6 Å². The fourth-order valence-electron chi connectivity index (χ4n) is 1.16. The van der Waals surface area contributed by atoms with Crippen LogP contribution in [-0.4, -0.2) is 18.2 Å². The van der Waals surface area contributed by atoms with Crippen molar-refractivity contribution in [2.45, 2.75) is 6.54 Å². The first-order valence-corrected chi connectivity index (χ1v) is 7.74. The summed E-state index contributed by atoms with van der Waals surface area (Å²) in [6.45, 7) is 0.855. The Morgan fingerprint density at radius 2 is 1.71 bits per heavy atom. The molecule has 1 heterocycles. The Hall–Kier alpha value is -1.04. The van der Waals surface area contributed by atoms with Gasteiger partial charge < -0.3 is 0 Å². The molecule has 0 atom stereocenters. The summed E-state index contributed by atoms with van der Waals surface area (Å²) < 4.78 is 20.2. The molecule has 0 N–H and O–H groups in total. The van der Waals surface area contributed by atoms with Crippen LogP contribution in [0.2, 0.25) is 0 Å². The minimum atomic E-state index is -3.72. The molecule has 7 heteroatoms. The Morgan fingerprint density at radius 1 is 1.12 bits per heavy atom. The summed E-state index contributed by atoms with van der Waals surface area (Å²) in [5.74, 6) is 0. The van der Waals surface area contributed by atoms with Crippen LogP contribution < -0.4 is 0 Å². The number of halogens is 2. The van der Waals surface area contributed by atoms with Crippen molar-refractivity contribution in [3.63, 3.8) is 0 Å². The molecular weight excluding hydrogens is 283 g/mol. The summed E-state index contributed by atoms with van der Waals surface area (Å²) in [5, 5.41) is 4.13. The van der Waals surface area contributed by atoms with Crippen LogP contribution >= 0.6 is 21.4 Å². The zero-order valence-electron chi connectivity index (χ0n) is 8.70. The Kier molecular flexibility index (Phi) is 5.47. The van der Waals surface area contributed by atoms with E-state index in [9.17, 15) is 0 Å². The molecule has 0 aliphatic carbocycles. The zero-order valence-corrected chi connectivity index (χ0v) is 11.0. The second-order valence-corrected chi connectivity index (χ2v) is 6.74. The van der Waals surface area contributed by atoms with Crippen molar-refractivity contribution in [3.8, 4) is 0 Å². The third-order valence-corrected chi connectivity index (χ3v) is 1.75. The van der Waals surface area contributed by atoms with Crippen molar-refractivity contribution in [1.29, 1.82) is 0 Å². The van der Waals surface area contributed by atoms with Crippen LogP contribution in [0.5, 0.6) is 0 Å². The van der Waals surface area contributed by atoms with Crippen LogP contribution in [-0.2, 0) is 14.8 Å². The van der Waals surface area contributed by atoms with Gasteiger partial charge in [0.15, 0.2) is 0 Å². The molecule has 1 aromatic carbocycles. The van der Waals surface area contributed by atoms with E-state index in [1.807, 2.05) is 35.1 Å². The van der Waals surface area contributed by atoms with Crippen molar-refractivity contribution in [2.24, 2.45) is 0 Å². The number of rotatable bonds is 2. The summed E-state index contributed by atoms with van der Waals surface area (Å²) in [4.78, 5) is 0. The van der Waals surface area contributed by atoms with E-state index in [1.165, 1.54) is 5.56 Å². The maximum Gasteiger partial charge on any atom is 0.317 e. The minimum absolute atomic E-state index is 0.855. The van der Waals surface area contributed by atoms with Crippen LogP contribution in [0.25, 0.3) is 0 Å². The molecule has 0 aliphatic rings. The largest absolute Gasteiger partial charge is 0.317 e. The van der Waals surface area contributed by atoms with E-state index >= 15 is 0 Å². The average Bonchev–Trinajstić information content (AvgIpc) is 2.69. The topological polar surface area (TPSA) is 52.0 Å². The van der Waals surface area contributed by atoms with Gasteiger partial charge in [0, 0.05) is 33.8 Å². The van der Waals surface area contributed by atoms with Gasteiger partial charge in [-0.3, -0.25) is 4.68 Å². The predicted octanol–water partition coefficient (Wildman–Crippen LogP) is 2.64. The van der Waals surface area contributed by atoms with Gasteiger partial charge in [-0.15, -0.1) is 0 Å². The molecule has 0 spiro atoms. The molecule has 17 heavy (non-hydrogen) atoms. The summed E-state index contributed by atoms with van der Waals surface area (Å²) >= 11 is 0. The molecule has 2 aromatic rings. The third-order valence-electron chi connectivity index (χ3n) is 1.75. The smallest absolute Gasteiger partial charge is 0.268 e. The Bertz CT molecular complexity index is 519. The van der Waals surface area contributed by atoms with E-state index in [1.54, 1.807) is 6.20 Å². The Balaban J connectivity index is 0.000000249. The monoisotopic (exact) mass is 292 g/mol. The lowest BCUT2D eigenvalue weighted by atomic mass is 10.2. The first kappa shape index (κ1) is 14.0. The van der Waals surface area contributed by atoms with Crippen LogP contribution in [0, 0.1) is 0 Å². The Labute approximate surface area is 109 Å². The number of aromatic nitrogens is 2. The highest BCUT2D eigenvalue weighted by Crippen LogP contribution is 2.00. The summed E-state index contributed by atoms with van der Waals surface area (Å²) in [7, 11) is 4.81. The van der Waals surface area contributed by atoms with Crippen LogP contribution in [0.1, 0.15) is 5.56 Å². The maximum absolute atomic E-state index is 9.16. The van der Waals surface area contributed by atoms with Gasteiger partial charge in [-0.25, -0.2) is 0 Å². The van der Waals surface area contributed by atoms with Crippen molar-refractivity contribution in [2.75, 3.05) is 0 Å². The van der Waals surface area contributed by atoms with Crippen LogP contribution in [0.15, 0.2) is 48.8 Å². The van der Waals surface area contributed by atoms with Gasteiger partial charge in [-0.1, -0.05) is 30.3 Å². The molecule has 0 radical (unpaired) electrons. The number of nitrogens with zero attached hydrogens (tertiary/aromatic N) is 2. The first-order valence-electron chi connectivity index (χ1n) is 4.61. The normalized spacial score (nSPS) is 10.5. The molecule has 1 aromatic heterocycles. The van der Waals surface area contributed by atoms with Crippen molar-refractivity contribution in [3.05, 3.63) is 54.4 Å². The molecule has 2 rings (SSSR count). The fraction of sp³-hybridized carbons (Fsp3) is 0.100. The maximum atomic E-state index is 9.16. The number of hydrogen-bond acceptors (Lipinski definition) is 3.